The first-order valence-corrected chi connectivity index (χ1v) is 7.65. The van der Waals surface area contributed by atoms with Gasteiger partial charge in [0, 0.05) is 6.42 Å². The SMILES string of the molecule is CC(NC(=O)CC1C=CCC1)c1ccc(-n2ccnn2)cc1. The summed E-state index contributed by atoms with van der Waals surface area (Å²) in [6.07, 6.45) is 10.5. The van der Waals surface area contributed by atoms with Gasteiger partial charge < -0.3 is 5.32 Å². The Labute approximate surface area is 130 Å². The number of nitrogens with zero attached hydrogens (tertiary/aromatic N) is 3. The molecule has 0 bridgehead atoms. The second kappa shape index (κ2) is 6.56. The van der Waals surface area contributed by atoms with Crippen LogP contribution in [0.25, 0.3) is 5.69 Å². The van der Waals surface area contributed by atoms with Crippen LogP contribution in [-0.4, -0.2) is 20.9 Å². The number of allylic oxidation sites excluding steroid dienone is 2. The van der Waals surface area contributed by atoms with Gasteiger partial charge in [0.2, 0.25) is 5.91 Å². The standard InChI is InChI=1S/C17H20N4O/c1-13(19-17(22)12-14-4-2-3-5-14)15-6-8-16(9-7-15)21-11-10-18-20-21/h2,4,6-11,13-14H,3,5,12H2,1H3,(H,19,22). The molecule has 0 saturated carbocycles. The number of aromatic nitrogens is 3. The summed E-state index contributed by atoms with van der Waals surface area (Å²) in [5.41, 5.74) is 2.04. The lowest BCUT2D eigenvalue weighted by Crippen LogP contribution is -2.27. The van der Waals surface area contributed by atoms with E-state index in [2.05, 4.69) is 27.8 Å². The molecule has 3 rings (SSSR count). The van der Waals surface area contributed by atoms with E-state index in [-0.39, 0.29) is 11.9 Å². The minimum absolute atomic E-state index is 0.00248. The molecule has 5 nitrogen and oxygen atoms in total. The minimum Gasteiger partial charge on any atom is -0.350 e. The number of hydrogen-bond acceptors (Lipinski definition) is 3. The van der Waals surface area contributed by atoms with Crippen molar-refractivity contribution < 1.29 is 4.79 Å². The third-order valence-electron chi connectivity index (χ3n) is 4.02. The summed E-state index contributed by atoms with van der Waals surface area (Å²) in [5, 5.41) is 10.8. The topological polar surface area (TPSA) is 59.8 Å². The fourth-order valence-corrected chi connectivity index (χ4v) is 2.75. The molecule has 1 aromatic carbocycles. The monoisotopic (exact) mass is 296 g/mol. The zero-order valence-electron chi connectivity index (χ0n) is 12.6. The summed E-state index contributed by atoms with van der Waals surface area (Å²) in [7, 11) is 0. The summed E-state index contributed by atoms with van der Waals surface area (Å²) < 4.78 is 1.71. The highest BCUT2D eigenvalue weighted by molar-refractivity contribution is 5.77. The summed E-state index contributed by atoms with van der Waals surface area (Å²) in [6.45, 7) is 2.01. The number of amides is 1. The highest BCUT2D eigenvalue weighted by Gasteiger charge is 2.16. The quantitative estimate of drug-likeness (QED) is 0.863. The fraction of sp³-hybridized carbons (Fsp3) is 0.353. The van der Waals surface area contributed by atoms with Gasteiger partial charge in [-0.05, 0) is 43.4 Å². The van der Waals surface area contributed by atoms with Crippen LogP contribution in [0.1, 0.15) is 37.8 Å². The number of carbonyl (C=O) groups is 1. The lowest BCUT2D eigenvalue weighted by molar-refractivity contribution is -0.122. The molecule has 0 aliphatic heterocycles. The Bertz CT molecular complexity index is 646. The third-order valence-corrected chi connectivity index (χ3v) is 4.02. The van der Waals surface area contributed by atoms with Gasteiger partial charge in [0.25, 0.3) is 0 Å². The maximum Gasteiger partial charge on any atom is 0.221 e. The Morgan fingerprint density at radius 3 is 2.86 bits per heavy atom. The summed E-state index contributed by atoms with van der Waals surface area (Å²) in [4.78, 5) is 12.1. The molecule has 0 saturated heterocycles. The van der Waals surface area contributed by atoms with Crippen molar-refractivity contribution in [2.75, 3.05) is 0 Å². The highest BCUT2D eigenvalue weighted by atomic mass is 16.1. The smallest absolute Gasteiger partial charge is 0.221 e. The maximum absolute atomic E-state index is 12.1. The highest BCUT2D eigenvalue weighted by Crippen LogP contribution is 2.21. The Hall–Kier alpha value is -2.43. The Morgan fingerprint density at radius 2 is 2.23 bits per heavy atom. The van der Waals surface area contributed by atoms with Gasteiger partial charge in [0.1, 0.15) is 0 Å². The van der Waals surface area contributed by atoms with Crippen molar-refractivity contribution in [1.29, 1.82) is 0 Å². The number of hydrogen-bond donors (Lipinski definition) is 1. The van der Waals surface area contributed by atoms with Crippen molar-refractivity contribution in [2.45, 2.75) is 32.2 Å². The first kappa shape index (κ1) is 14.5. The molecule has 2 aromatic rings. The van der Waals surface area contributed by atoms with Crippen molar-refractivity contribution in [3.8, 4) is 5.69 Å². The van der Waals surface area contributed by atoms with Crippen LogP contribution in [0.5, 0.6) is 0 Å². The van der Waals surface area contributed by atoms with Gasteiger partial charge in [0.15, 0.2) is 0 Å². The van der Waals surface area contributed by atoms with Gasteiger partial charge in [0.05, 0.1) is 24.1 Å². The molecule has 0 radical (unpaired) electrons. The number of carbonyl (C=O) groups excluding carboxylic acids is 1. The van der Waals surface area contributed by atoms with Crippen LogP contribution >= 0.6 is 0 Å². The largest absolute Gasteiger partial charge is 0.350 e. The van der Waals surface area contributed by atoms with Gasteiger partial charge >= 0.3 is 0 Å². The number of rotatable bonds is 5. The molecule has 1 aliphatic carbocycles. The van der Waals surface area contributed by atoms with Crippen molar-refractivity contribution in [3.63, 3.8) is 0 Å². The van der Waals surface area contributed by atoms with Crippen LogP contribution in [0.15, 0.2) is 48.8 Å². The summed E-state index contributed by atoms with van der Waals surface area (Å²) >= 11 is 0. The van der Waals surface area contributed by atoms with Crippen LogP contribution in [0.3, 0.4) is 0 Å². The zero-order chi connectivity index (χ0) is 15.4. The van der Waals surface area contributed by atoms with Crippen LogP contribution in [0.4, 0.5) is 0 Å². The zero-order valence-corrected chi connectivity index (χ0v) is 12.6. The Kier molecular flexibility index (Phi) is 4.32. The molecule has 1 amide bonds. The van der Waals surface area contributed by atoms with Crippen LogP contribution in [-0.2, 0) is 4.79 Å². The van der Waals surface area contributed by atoms with Crippen molar-refractivity contribution in [1.82, 2.24) is 20.3 Å². The van der Waals surface area contributed by atoms with E-state index in [1.165, 1.54) is 0 Å². The molecule has 22 heavy (non-hydrogen) atoms. The van der Waals surface area contributed by atoms with E-state index in [0.717, 1.165) is 24.1 Å². The van der Waals surface area contributed by atoms with Crippen molar-refractivity contribution in [2.24, 2.45) is 5.92 Å². The van der Waals surface area contributed by atoms with Gasteiger partial charge in [-0.3, -0.25) is 4.79 Å². The van der Waals surface area contributed by atoms with E-state index < -0.39 is 0 Å². The lowest BCUT2D eigenvalue weighted by atomic mass is 10.0. The molecule has 1 N–H and O–H groups in total. The van der Waals surface area contributed by atoms with E-state index in [9.17, 15) is 4.79 Å². The van der Waals surface area contributed by atoms with E-state index in [0.29, 0.717) is 12.3 Å². The third kappa shape index (κ3) is 3.42. The molecule has 0 fully saturated rings. The predicted octanol–water partition coefficient (Wildman–Crippen LogP) is 2.80. The summed E-state index contributed by atoms with van der Waals surface area (Å²) in [6, 6.07) is 7.98. The maximum atomic E-state index is 12.1. The first-order valence-electron chi connectivity index (χ1n) is 7.65. The number of benzene rings is 1. The second-order valence-corrected chi connectivity index (χ2v) is 5.70. The second-order valence-electron chi connectivity index (χ2n) is 5.70. The van der Waals surface area contributed by atoms with Crippen LogP contribution in [0.2, 0.25) is 0 Å². The van der Waals surface area contributed by atoms with Gasteiger partial charge in [-0.2, -0.15) is 0 Å². The fourth-order valence-electron chi connectivity index (χ4n) is 2.75. The normalized spacial score (nSPS) is 18.3. The molecule has 0 spiro atoms. The lowest BCUT2D eigenvalue weighted by Gasteiger charge is -2.16. The van der Waals surface area contributed by atoms with Crippen molar-refractivity contribution >= 4 is 5.91 Å². The van der Waals surface area contributed by atoms with Gasteiger partial charge in [-0.1, -0.05) is 29.5 Å². The first-order chi connectivity index (χ1) is 10.7. The van der Waals surface area contributed by atoms with E-state index in [1.54, 1.807) is 17.1 Å². The van der Waals surface area contributed by atoms with Gasteiger partial charge in [-0.25, -0.2) is 4.68 Å². The van der Waals surface area contributed by atoms with E-state index in [1.807, 2.05) is 31.2 Å². The van der Waals surface area contributed by atoms with Crippen LogP contribution in [0, 0.1) is 5.92 Å². The van der Waals surface area contributed by atoms with Gasteiger partial charge in [-0.15, -0.1) is 5.10 Å². The molecule has 1 heterocycles. The molecular formula is C17H20N4O. The molecule has 1 aliphatic rings. The Balaban J connectivity index is 1.58. The molecule has 2 atom stereocenters. The van der Waals surface area contributed by atoms with E-state index in [4.69, 9.17) is 0 Å². The molecule has 1 aromatic heterocycles. The average molecular weight is 296 g/mol. The van der Waals surface area contributed by atoms with E-state index >= 15 is 0 Å². The predicted molar refractivity (Wildman–Crippen MR) is 84.4 cm³/mol. The number of nitrogens with one attached hydrogen (secondary N) is 1. The van der Waals surface area contributed by atoms with Crippen LogP contribution < -0.4 is 5.32 Å². The molecule has 2 unspecified atom stereocenters. The molecular weight excluding hydrogens is 276 g/mol. The van der Waals surface area contributed by atoms with Crippen molar-refractivity contribution in [3.05, 3.63) is 54.4 Å². The summed E-state index contributed by atoms with van der Waals surface area (Å²) in [5.74, 6) is 0.520. The average Bonchev–Trinajstić information content (AvgIpc) is 3.20. The molecule has 5 heteroatoms. The molecule has 114 valence electrons. The minimum atomic E-state index is 0.00248. The Morgan fingerprint density at radius 1 is 1.41 bits per heavy atom.